The number of halogens is 2. The fourth-order valence-corrected chi connectivity index (χ4v) is 5.58. The third-order valence-electron chi connectivity index (χ3n) is 6.88. The van der Waals surface area contributed by atoms with Crippen LogP contribution in [0.25, 0.3) is 0 Å². The van der Waals surface area contributed by atoms with Crippen LogP contribution in [0.15, 0.2) is 79.7 Å². The van der Waals surface area contributed by atoms with E-state index in [1.165, 1.54) is 38.4 Å². The van der Waals surface area contributed by atoms with Crippen molar-refractivity contribution in [2.24, 2.45) is 14.1 Å². The van der Waals surface area contributed by atoms with Gasteiger partial charge in [-0.15, -0.1) is 0 Å². The zero-order valence-corrected chi connectivity index (χ0v) is 34.8. The number of hydrogen-bond donors (Lipinski definition) is 1. The number of rotatable bonds is 10. The zero-order valence-electron chi connectivity index (χ0n) is 31.7. The molecule has 4 rings (SSSR count). The SMILES string of the molecule is COCCNCc1ccc(N(C(=O)OC(C)(C)C)c2cc(Br)cn(C)c2=O)nc1.Cn1cc(Br)cc(N(C(=O)OC(C)(C)C)c2ccc(C=O)cn2)c1=O. The molecule has 1 N–H and O–H groups in total. The first-order chi connectivity index (χ1) is 25.2. The average Bonchev–Trinajstić information content (AvgIpc) is 3.07. The molecule has 0 radical (unpaired) electrons. The van der Waals surface area contributed by atoms with E-state index < -0.39 is 28.9 Å². The number of ether oxygens (including phenoxy) is 3. The summed E-state index contributed by atoms with van der Waals surface area (Å²) in [4.78, 5) is 72.5. The van der Waals surface area contributed by atoms with Gasteiger partial charge in [-0.3, -0.25) is 14.4 Å². The topological polar surface area (TPSA) is 167 Å². The second-order valence-corrected chi connectivity index (χ2v) is 15.6. The zero-order chi connectivity index (χ0) is 40.4. The van der Waals surface area contributed by atoms with Crippen LogP contribution in [-0.4, -0.2) is 69.0 Å². The van der Waals surface area contributed by atoms with Crippen molar-refractivity contribution in [1.29, 1.82) is 0 Å². The predicted molar refractivity (Wildman–Crippen MR) is 213 cm³/mol. The number of aldehydes is 1. The number of aromatic nitrogens is 4. The van der Waals surface area contributed by atoms with Gasteiger partial charge in [-0.25, -0.2) is 29.4 Å². The molecule has 0 bridgehead atoms. The Balaban J connectivity index is 0.000000294. The van der Waals surface area contributed by atoms with Crippen LogP contribution < -0.4 is 26.2 Å². The second-order valence-electron chi connectivity index (χ2n) is 13.8. The van der Waals surface area contributed by atoms with Crippen LogP contribution in [0.5, 0.6) is 0 Å². The van der Waals surface area contributed by atoms with E-state index in [4.69, 9.17) is 14.2 Å². The predicted octanol–water partition coefficient (Wildman–Crippen LogP) is 6.78. The van der Waals surface area contributed by atoms with Gasteiger partial charge in [0, 0.05) is 73.6 Å². The molecule has 4 heterocycles. The van der Waals surface area contributed by atoms with E-state index in [9.17, 15) is 24.0 Å². The summed E-state index contributed by atoms with van der Waals surface area (Å²) in [5.41, 5.74) is -0.688. The molecule has 0 aromatic carbocycles. The molecule has 290 valence electrons. The molecular formula is C37H45Br2N7O8. The third-order valence-corrected chi connectivity index (χ3v) is 7.75. The quantitative estimate of drug-likeness (QED) is 0.132. The molecule has 15 nitrogen and oxygen atoms in total. The molecule has 0 atom stereocenters. The fourth-order valence-electron chi connectivity index (χ4n) is 4.53. The van der Waals surface area contributed by atoms with Gasteiger partial charge >= 0.3 is 12.2 Å². The smallest absolute Gasteiger partial charge is 0.420 e. The number of amides is 2. The van der Waals surface area contributed by atoms with Crippen LogP contribution in [0, 0.1) is 0 Å². The molecule has 0 aliphatic carbocycles. The number of hydrogen-bond acceptors (Lipinski definition) is 11. The third kappa shape index (κ3) is 12.7. The van der Waals surface area contributed by atoms with Crippen molar-refractivity contribution in [1.82, 2.24) is 24.4 Å². The number of methoxy groups -OCH3 is 1. The Bertz CT molecular complexity index is 2040. The summed E-state index contributed by atoms with van der Waals surface area (Å²) < 4.78 is 19.9. The van der Waals surface area contributed by atoms with Crippen molar-refractivity contribution >= 4 is 73.3 Å². The molecule has 0 fully saturated rings. The standard InChI is InChI=1S/C20H27BrN4O4.C17H18BrN3O4/c1-20(2,3)29-19(27)25(16-10-15(21)13-24(4)18(16)26)17-7-6-14(12-23-17)11-22-8-9-28-5;1-17(2,3)25-16(24)21(14-6-5-11(10-22)8-19-14)13-7-12(18)9-20(4)15(13)23/h6-7,10,12-13,22H,8-9,11H2,1-5H3;5-10H,1-4H3. The maximum Gasteiger partial charge on any atom is 0.420 e. The maximum atomic E-state index is 12.9. The van der Waals surface area contributed by atoms with Gasteiger partial charge in [-0.2, -0.15) is 0 Å². The van der Waals surface area contributed by atoms with Crippen molar-refractivity contribution in [3.63, 3.8) is 0 Å². The van der Waals surface area contributed by atoms with Gasteiger partial charge in [-0.05, 0) is 109 Å². The first-order valence-corrected chi connectivity index (χ1v) is 18.2. The van der Waals surface area contributed by atoms with Crippen molar-refractivity contribution in [2.45, 2.75) is 59.3 Å². The van der Waals surface area contributed by atoms with Crippen LogP contribution in [0.2, 0.25) is 0 Å². The Morgan fingerprint density at radius 1 is 0.796 bits per heavy atom. The number of nitrogens with zero attached hydrogens (tertiary/aromatic N) is 6. The lowest BCUT2D eigenvalue weighted by Crippen LogP contribution is -2.37. The highest BCUT2D eigenvalue weighted by molar-refractivity contribution is 9.10. The number of nitrogens with one attached hydrogen (secondary N) is 1. The van der Waals surface area contributed by atoms with Gasteiger partial charge in [0.1, 0.15) is 34.2 Å². The molecule has 17 heteroatoms. The number of carbonyl (C=O) groups excluding carboxylic acids is 3. The van der Waals surface area contributed by atoms with E-state index in [2.05, 4.69) is 47.1 Å². The Labute approximate surface area is 330 Å². The van der Waals surface area contributed by atoms with Crippen LogP contribution in [0.1, 0.15) is 57.5 Å². The molecule has 0 saturated carbocycles. The van der Waals surface area contributed by atoms with E-state index in [0.29, 0.717) is 39.8 Å². The molecule has 54 heavy (non-hydrogen) atoms. The first kappa shape index (κ1) is 43.7. The summed E-state index contributed by atoms with van der Waals surface area (Å²) in [5.74, 6) is 0.477. The molecule has 0 spiro atoms. The second kappa shape index (κ2) is 19.1. The Morgan fingerprint density at radius 2 is 1.26 bits per heavy atom. The molecule has 0 aliphatic heterocycles. The van der Waals surface area contributed by atoms with Crippen LogP contribution in [0.4, 0.5) is 32.6 Å². The van der Waals surface area contributed by atoms with Gasteiger partial charge < -0.3 is 28.7 Å². The van der Waals surface area contributed by atoms with E-state index in [-0.39, 0.29) is 22.8 Å². The lowest BCUT2D eigenvalue weighted by Gasteiger charge is -2.26. The van der Waals surface area contributed by atoms with E-state index in [1.54, 1.807) is 93.5 Å². The number of anilines is 4. The summed E-state index contributed by atoms with van der Waals surface area (Å²) in [6.07, 6.45) is 5.42. The minimum absolute atomic E-state index is 0.0810. The van der Waals surface area contributed by atoms with Gasteiger partial charge in [0.2, 0.25) is 0 Å². The van der Waals surface area contributed by atoms with Gasteiger partial charge in [0.25, 0.3) is 11.1 Å². The van der Waals surface area contributed by atoms with Crippen molar-refractivity contribution in [3.05, 3.63) is 102 Å². The van der Waals surface area contributed by atoms with Crippen LogP contribution in [0.3, 0.4) is 0 Å². The molecule has 0 aliphatic rings. The van der Waals surface area contributed by atoms with Crippen molar-refractivity contribution < 1.29 is 28.6 Å². The molecule has 4 aromatic heterocycles. The first-order valence-electron chi connectivity index (χ1n) is 16.6. The molecule has 4 aromatic rings. The minimum atomic E-state index is -0.755. The average molecular weight is 876 g/mol. The van der Waals surface area contributed by atoms with Gasteiger partial charge in [-0.1, -0.05) is 6.07 Å². The maximum absolute atomic E-state index is 12.9. The van der Waals surface area contributed by atoms with E-state index >= 15 is 0 Å². The lowest BCUT2D eigenvalue weighted by atomic mass is 10.2. The van der Waals surface area contributed by atoms with Crippen LogP contribution >= 0.6 is 31.9 Å². The van der Waals surface area contributed by atoms with Gasteiger partial charge in [0.15, 0.2) is 6.29 Å². The molecule has 0 saturated heterocycles. The van der Waals surface area contributed by atoms with Crippen LogP contribution in [-0.2, 0) is 34.9 Å². The minimum Gasteiger partial charge on any atom is -0.443 e. The molecular weight excluding hydrogens is 830 g/mol. The molecule has 2 amide bonds. The number of pyridine rings is 4. The summed E-state index contributed by atoms with van der Waals surface area (Å²) in [7, 11) is 4.84. The Hall–Kier alpha value is -4.71. The number of carbonyl (C=O) groups is 3. The summed E-state index contributed by atoms with van der Waals surface area (Å²) in [6.45, 7) is 12.4. The molecule has 0 unspecified atom stereocenters. The van der Waals surface area contributed by atoms with E-state index in [0.717, 1.165) is 17.0 Å². The van der Waals surface area contributed by atoms with Crippen molar-refractivity contribution in [3.8, 4) is 0 Å². The van der Waals surface area contributed by atoms with Crippen molar-refractivity contribution in [2.75, 3.05) is 30.1 Å². The highest BCUT2D eigenvalue weighted by Gasteiger charge is 2.30. The Kier molecular flexibility index (Phi) is 15.4. The summed E-state index contributed by atoms with van der Waals surface area (Å²) in [6, 6.07) is 9.62. The van der Waals surface area contributed by atoms with Gasteiger partial charge in [0.05, 0.1) is 6.61 Å². The Morgan fingerprint density at radius 3 is 1.63 bits per heavy atom. The lowest BCUT2D eigenvalue weighted by molar-refractivity contribution is 0.0586. The summed E-state index contributed by atoms with van der Waals surface area (Å²) >= 11 is 6.69. The fraction of sp³-hybridized carbons (Fsp3) is 0.378. The highest BCUT2D eigenvalue weighted by Crippen LogP contribution is 2.27. The summed E-state index contributed by atoms with van der Waals surface area (Å²) in [5, 5.41) is 3.23. The van der Waals surface area contributed by atoms with E-state index in [1.807, 2.05) is 6.07 Å². The number of aryl methyl sites for hydroxylation is 2. The largest absolute Gasteiger partial charge is 0.443 e. The highest BCUT2D eigenvalue weighted by atomic mass is 79.9. The normalized spacial score (nSPS) is 11.2. The monoisotopic (exact) mass is 873 g/mol.